The highest BCUT2D eigenvalue weighted by Gasteiger charge is 2.24. The lowest BCUT2D eigenvalue weighted by atomic mass is 10.1. The number of carbonyl (C=O) groups is 2. The van der Waals surface area contributed by atoms with Crippen LogP contribution in [0.2, 0.25) is 0 Å². The van der Waals surface area contributed by atoms with Crippen molar-refractivity contribution in [2.24, 2.45) is 0 Å². The smallest absolute Gasteiger partial charge is 0.226 e. The number of amides is 2. The molecule has 0 fully saturated rings. The number of carbonyl (C=O) groups excluding carboxylic acids is 2. The van der Waals surface area contributed by atoms with Gasteiger partial charge in [0.25, 0.3) is 0 Å². The molecule has 5 nitrogen and oxygen atoms in total. The van der Waals surface area contributed by atoms with Gasteiger partial charge in [0, 0.05) is 36.5 Å². The molecule has 120 valence electrons. The molecule has 1 aliphatic heterocycles. The van der Waals surface area contributed by atoms with E-state index in [2.05, 4.69) is 16.4 Å². The summed E-state index contributed by atoms with van der Waals surface area (Å²) in [5.41, 5.74) is 4.06. The first kappa shape index (κ1) is 15.7. The highest BCUT2D eigenvalue weighted by molar-refractivity contribution is 7.14. The van der Waals surface area contributed by atoms with Gasteiger partial charge in [0.15, 0.2) is 5.13 Å². The van der Waals surface area contributed by atoms with Crippen LogP contribution in [0.3, 0.4) is 0 Å². The van der Waals surface area contributed by atoms with E-state index in [-0.39, 0.29) is 11.8 Å². The molecule has 1 N–H and O–H groups in total. The summed E-state index contributed by atoms with van der Waals surface area (Å²) in [6.45, 7) is 4.25. The lowest BCUT2D eigenvalue weighted by Gasteiger charge is -2.17. The molecule has 0 bridgehead atoms. The van der Waals surface area contributed by atoms with E-state index in [0.717, 1.165) is 36.3 Å². The number of benzene rings is 1. The van der Waals surface area contributed by atoms with Crippen LogP contribution in [0.1, 0.15) is 32.3 Å². The minimum absolute atomic E-state index is 0.120. The van der Waals surface area contributed by atoms with Crippen LogP contribution >= 0.6 is 11.3 Å². The Bertz CT molecular complexity index is 754. The average molecular weight is 329 g/mol. The van der Waals surface area contributed by atoms with Crippen molar-refractivity contribution in [2.45, 2.75) is 33.1 Å². The van der Waals surface area contributed by atoms with Crippen molar-refractivity contribution in [3.63, 3.8) is 0 Å². The maximum Gasteiger partial charge on any atom is 0.226 e. The van der Waals surface area contributed by atoms with Crippen LogP contribution in [-0.4, -0.2) is 23.3 Å². The summed E-state index contributed by atoms with van der Waals surface area (Å²) in [5, 5.41) is 5.24. The van der Waals surface area contributed by atoms with E-state index in [1.54, 1.807) is 0 Å². The standard InChI is InChI=1S/C17H19N3O2S/c1-3-4-16(22)20-8-7-13-9-12(5-6-15(13)20)14-10-23-17(19-14)18-11(2)21/h5-6,9-10H,3-4,7-8H2,1-2H3,(H,18,19,21). The lowest BCUT2D eigenvalue weighted by molar-refractivity contribution is -0.118. The van der Waals surface area contributed by atoms with E-state index in [1.165, 1.54) is 23.8 Å². The fourth-order valence-electron chi connectivity index (χ4n) is 2.78. The lowest BCUT2D eigenvalue weighted by Crippen LogP contribution is -2.28. The molecular formula is C17H19N3O2S. The quantitative estimate of drug-likeness (QED) is 0.934. The fraction of sp³-hybridized carbons (Fsp3) is 0.353. The van der Waals surface area contributed by atoms with Crippen LogP contribution in [0.25, 0.3) is 11.3 Å². The monoisotopic (exact) mass is 329 g/mol. The topological polar surface area (TPSA) is 62.3 Å². The molecule has 2 amide bonds. The van der Waals surface area contributed by atoms with Crippen molar-refractivity contribution in [1.82, 2.24) is 4.98 Å². The third kappa shape index (κ3) is 3.27. The minimum Gasteiger partial charge on any atom is -0.312 e. The Balaban J connectivity index is 1.83. The molecular weight excluding hydrogens is 310 g/mol. The first-order valence-corrected chi connectivity index (χ1v) is 8.63. The van der Waals surface area contributed by atoms with Crippen molar-refractivity contribution in [1.29, 1.82) is 0 Å². The Labute approximate surface area is 139 Å². The Kier molecular flexibility index (Phi) is 4.43. The van der Waals surface area contributed by atoms with Gasteiger partial charge >= 0.3 is 0 Å². The molecule has 0 radical (unpaired) electrons. The first-order chi connectivity index (χ1) is 11.1. The molecule has 2 heterocycles. The summed E-state index contributed by atoms with van der Waals surface area (Å²) in [6, 6.07) is 6.09. The molecule has 3 rings (SSSR count). The van der Waals surface area contributed by atoms with Gasteiger partial charge in [-0.05, 0) is 30.5 Å². The number of nitrogens with zero attached hydrogens (tertiary/aromatic N) is 2. The summed E-state index contributed by atoms with van der Waals surface area (Å²) in [5.74, 6) is 0.0746. The van der Waals surface area contributed by atoms with Gasteiger partial charge in [0.2, 0.25) is 11.8 Å². The van der Waals surface area contributed by atoms with Crippen molar-refractivity contribution in [3.8, 4) is 11.3 Å². The van der Waals surface area contributed by atoms with Gasteiger partial charge in [-0.3, -0.25) is 9.59 Å². The molecule has 0 aliphatic carbocycles. The van der Waals surface area contributed by atoms with E-state index in [9.17, 15) is 9.59 Å². The van der Waals surface area contributed by atoms with Gasteiger partial charge in [-0.1, -0.05) is 13.0 Å². The predicted molar refractivity (Wildman–Crippen MR) is 92.8 cm³/mol. The maximum atomic E-state index is 12.1. The minimum atomic E-state index is -0.120. The van der Waals surface area contributed by atoms with E-state index in [4.69, 9.17) is 0 Å². The zero-order valence-electron chi connectivity index (χ0n) is 13.3. The van der Waals surface area contributed by atoms with Gasteiger partial charge in [-0.15, -0.1) is 11.3 Å². The maximum absolute atomic E-state index is 12.1. The van der Waals surface area contributed by atoms with Gasteiger partial charge in [0.05, 0.1) is 5.69 Å². The van der Waals surface area contributed by atoms with Crippen LogP contribution in [0.5, 0.6) is 0 Å². The highest BCUT2D eigenvalue weighted by atomic mass is 32.1. The average Bonchev–Trinajstić information content (AvgIpc) is 3.12. The second-order valence-corrected chi connectivity index (χ2v) is 6.47. The molecule has 0 spiro atoms. The summed E-state index contributed by atoms with van der Waals surface area (Å²) >= 11 is 1.41. The molecule has 0 unspecified atom stereocenters. The number of aromatic nitrogens is 1. The van der Waals surface area contributed by atoms with Gasteiger partial charge in [-0.2, -0.15) is 0 Å². The third-order valence-corrected chi connectivity index (χ3v) is 4.58. The second-order valence-electron chi connectivity index (χ2n) is 5.61. The first-order valence-electron chi connectivity index (χ1n) is 7.75. The zero-order chi connectivity index (χ0) is 16.4. The molecule has 23 heavy (non-hydrogen) atoms. The van der Waals surface area contributed by atoms with Crippen molar-refractivity contribution >= 4 is 34.0 Å². The van der Waals surface area contributed by atoms with E-state index < -0.39 is 0 Å². The summed E-state index contributed by atoms with van der Waals surface area (Å²) in [7, 11) is 0. The van der Waals surface area contributed by atoms with Crippen LogP contribution in [0.4, 0.5) is 10.8 Å². The molecule has 1 aromatic carbocycles. The van der Waals surface area contributed by atoms with Gasteiger partial charge in [0.1, 0.15) is 0 Å². The van der Waals surface area contributed by atoms with E-state index in [1.807, 2.05) is 29.3 Å². The Morgan fingerprint density at radius 2 is 2.22 bits per heavy atom. The number of hydrogen-bond acceptors (Lipinski definition) is 4. The Hall–Kier alpha value is -2.21. The summed E-state index contributed by atoms with van der Waals surface area (Å²) in [4.78, 5) is 29.5. The number of rotatable bonds is 4. The summed E-state index contributed by atoms with van der Waals surface area (Å²) in [6.07, 6.45) is 2.34. The van der Waals surface area contributed by atoms with Crippen LogP contribution in [-0.2, 0) is 16.0 Å². The number of nitrogens with one attached hydrogen (secondary N) is 1. The van der Waals surface area contributed by atoms with Crippen LogP contribution in [0, 0.1) is 0 Å². The Morgan fingerprint density at radius 3 is 2.96 bits per heavy atom. The zero-order valence-corrected chi connectivity index (χ0v) is 14.1. The number of fused-ring (bicyclic) bond motifs is 1. The highest BCUT2D eigenvalue weighted by Crippen LogP contribution is 2.33. The molecule has 1 aromatic heterocycles. The van der Waals surface area contributed by atoms with Gasteiger partial charge in [-0.25, -0.2) is 4.98 Å². The Morgan fingerprint density at radius 1 is 1.39 bits per heavy atom. The van der Waals surface area contributed by atoms with Gasteiger partial charge < -0.3 is 10.2 Å². The second kappa shape index (κ2) is 6.50. The van der Waals surface area contributed by atoms with Crippen molar-refractivity contribution < 1.29 is 9.59 Å². The fourth-order valence-corrected chi connectivity index (χ4v) is 3.55. The number of thiazole rings is 1. The van der Waals surface area contributed by atoms with E-state index >= 15 is 0 Å². The molecule has 0 atom stereocenters. The molecule has 0 saturated carbocycles. The number of anilines is 2. The molecule has 6 heteroatoms. The summed E-state index contributed by atoms with van der Waals surface area (Å²) < 4.78 is 0. The number of hydrogen-bond donors (Lipinski definition) is 1. The van der Waals surface area contributed by atoms with Crippen LogP contribution in [0.15, 0.2) is 23.6 Å². The van der Waals surface area contributed by atoms with Crippen molar-refractivity contribution in [2.75, 3.05) is 16.8 Å². The molecule has 1 aliphatic rings. The normalized spacial score (nSPS) is 13.0. The predicted octanol–water partition coefficient (Wildman–Crippen LogP) is 3.46. The molecule has 2 aromatic rings. The largest absolute Gasteiger partial charge is 0.312 e. The van der Waals surface area contributed by atoms with Crippen molar-refractivity contribution in [3.05, 3.63) is 29.1 Å². The van der Waals surface area contributed by atoms with Crippen LogP contribution < -0.4 is 10.2 Å². The molecule has 0 saturated heterocycles. The SMILES string of the molecule is CCCC(=O)N1CCc2cc(-c3csc(NC(C)=O)n3)ccc21. The van der Waals surface area contributed by atoms with E-state index in [0.29, 0.717) is 11.6 Å². The third-order valence-electron chi connectivity index (χ3n) is 3.82.